The zero-order valence-electron chi connectivity index (χ0n) is 21.9. The second kappa shape index (κ2) is 13.3. The molecule has 2 heterocycles. The van der Waals surface area contributed by atoms with Crippen LogP contribution in [0.1, 0.15) is 41.6 Å². The van der Waals surface area contributed by atoms with Gasteiger partial charge in [-0.3, -0.25) is 0 Å². The second-order valence-electron chi connectivity index (χ2n) is 9.26. The van der Waals surface area contributed by atoms with Crippen molar-refractivity contribution in [3.63, 3.8) is 0 Å². The molecule has 1 atom stereocenters. The SMILES string of the molecule is O=C(O)C(=NOCCOC1CCCCO1)c1csc(NC(c2ccccc2)(c2ccccc2)c2ccccc2)n1. The monoisotopic (exact) mass is 557 g/mol. The highest BCUT2D eigenvalue weighted by atomic mass is 32.1. The number of aromatic nitrogens is 1. The largest absolute Gasteiger partial charge is 0.476 e. The molecule has 1 unspecified atom stereocenters. The highest BCUT2D eigenvalue weighted by Crippen LogP contribution is 2.40. The lowest BCUT2D eigenvalue weighted by molar-refractivity contribution is -0.169. The van der Waals surface area contributed by atoms with Crippen LogP contribution in [0.15, 0.2) is 102 Å². The Kier molecular flexibility index (Phi) is 9.18. The highest BCUT2D eigenvalue weighted by Gasteiger charge is 2.37. The van der Waals surface area contributed by atoms with Crippen LogP contribution >= 0.6 is 11.3 Å². The summed E-state index contributed by atoms with van der Waals surface area (Å²) in [6.07, 6.45) is 2.70. The average Bonchev–Trinajstić information content (AvgIpc) is 3.47. The molecule has 40 heavy (non-hydrogen) atoms. The lowest BCUT2D eigenvalue weighted by Crippen LogP contribution is -2.38. The molecule has 1 saturated heterocycles. The van der Waals surface area contributed by atoms with Crippen molar-refractivity contribution in [3.05, 3.63) is 119 Å². The lowest BCUT2D eigenvalue weighted by Gasteiger charge is -2.36. The van der Waals surface area contributed by atoms with Crippen LogP contribution in [0.25, 0.3) is 0 Å². The minimum atomic E-state index is -1.23. The van der Waals surface area contributed by atoms with Crippen LogP contribution in [0, 0.1) is 0 Å². The van der Waals surface area contributed by atoms with E-state index in [0.29, 0.717) is 11.7 Å². The van der Waals surface area contributed by atoms with E-state index in [2.05, 4.69) is 51.9 Å². The van der Waals surface area contributed by atoms with Crippen LogP contribution in [-0.4, -0.2) is 47.9 Å². The smallest absolute Gasteiger partial charge is 0.360 e. The van der Waals surface area contributed by atoms with E-state index in [1.165, 1.54) is 11.3 Å². The van der Waals surface area contributed by atoms with Crippen LogP contribution in [0.3, 0.4) is 0 Å². The first-order valence-corrected chi connectivity index (χ1v) is 14.1. The Morgan fingerprint density at radius 3 is 2.08 bits per heavy atom. The van der Waals surface area contributed by atoms with Crippen molar-refractivity contribution >= 4 is 28.1 Å². The summed E-state index contributed by atoms with van der Waals surface area (Å²) in [4.78, 5) is 22.0. The molecule has 0 radical (unpaired) electrons. The molecule has 206 valence electrons. The van der Waals surface area contributed by atoms with Gasteiger partial charge in [-0.1, -0.05) is 96.2 Å². The number of carboxylic acids is 1. The first kappa shape index (κ1) is 27.5. The van der Waals surface area contributed by atoms with Gasteiger partial charge in [0, 0.05) is 12.0 Å². The number of hydrogen-bond donors (Lipinski definition) is 2. The standard InChI is InChI=1S/C31H31N3O5S/c35-29(36)28(34-39-21-20-38-27-18-10-11-19-37-27)26-22-40-30(32-26)33-31(23-12-4-1-5-13-23,24-14-6-2-7-15-24)25-16-8-3-9-17-25/h1-9,12-17,22,27H,10-11,18-21H2,(H,32,33)(H,35,36). The van der Waals surface area contributed by atoms with Gasteiger partial charge in [-0.25, -0.2) is 9.78 Å². The van der Waals surface area contributed by atoms with Gasteiger partial charge in [-0.2, -0.15) is 0 Å². The minimum absolute atomic E-state index is 0.102. The topological polar surface area (TPSA) is 102 Å². The Morgan fingerprint density at radius 2 is 1.55 bits per heavy atom. The van der Waals surface area contributed by atoms with Gasteiger partial charge < -0.3 is 24.7 Å². The summed E-state index contributed by atoms with van der Waals surface area (Å²) in [5, 5.41) is 19.6. The summed E-state index contributed by atoms with van der Waals surface area (Å²) < 4.78 is 11.2. The van der Waals surface area contributed by atoms with Crippen molar-refractivity contribution in [1.29, 1.82) is 0 Å². The number of thiazole rings is 1. The number of hydrogen-bond acceptors (Lipinski definition) is 8. The Balaban J connectivity index is 1.41. The van der Waals surface area contributed by atoms with E-state index in [1.807, 2.05) is 54.6 Å². The number of carbonyl (C=O) groups is 1. The first-order chi connectivity index (χ1) is 19.7. The lowest BCUT2D eigenvalue weighted by atomic mass is 9.77. The number of rotatable bonds is 12. The highest BCUT2D eigenvalue weighted by molar-refractivity contribution is 7.14. The molecule has 0 saturated carbocycles. The third-order valence-electron chi connectivity index (χ3n) is 6.64. The molecule has 0 aliphatic carbocycles. The van der Waals surface area contributed by atoms with Gasteiger partial charge in [0.2, 0.25) is 5.71 Å². The molecule has 0 spiro atoms. The molecular weight excluding hydrogens is 526 g/mol. The fourth-order valence-corrected chi connectivity index (χ4v) is 5.50. The summed E-state index contributed by atoms with van der Waals surface area (Å²) in [7, 11) is 0. The average molecular weight is 558 g/mol. The van der Waals surface area contributed by atoms with E-state index in [4.69, 9.17) is 14.3 Å². The van der Waals surface area contributed by atoms with E-state index < -0.39 is 11.5 Å². The van der Waals surface area contributed by atoms with E-state index in [0.717, 1.165) is 36.0 Å². The second-order valence-corrected chi connectivity index (χ2v) is 10.1. The number of oxime groups is 1. The number of benzene rings is 3. The van der Waals surface area contributed by atoms with Crippen molar-refractivity contribution < 1.29 is 24.2 Å². The maximum absolute atomic E-state index is 12.1. The molecule has 9 heteroatoms. The molecule has 8 nitrogen and oxygen atoms in total. The summed E-state index contributed by atoms with van der Waals surface area (Å²) in [5.74, 6) is -1.23. The van der Waals surface area contributed by atoms with E-state index in [9.17, 15) is 9.90 Å². The molecule has 1 aliphatic heterocycles. The summed E-state index contributed by atoms with van der Waals surface area (Å²) in [6, 6.07) is 30.4. The Labute approximate surface area is 237 Å². The summed E-state index contributed by atoms with van der Waals surface area (Å²) >= 11 is 1.31. The first-order valence-electron chi connectivity index (χ1n) is 13.2. The molecule has 2 N–H and O–H groups in total. The van der Waals surface area contributed by atoms with Gasteiger partial charge in [-0.15, -0.1) is 11.3 Å². The molecule has 4 aromatic rings. The van der Waals surface area contributed by atoms with Gasteiger partial charge in [0.05, 0.1) is 6.61 Å². The van der Waals surface area contributed by atoms with Gasteiger partial charge in [0.1, 0.15) is 17.8 Å². The molecule has 3 aromatic carbocycles. The maximum atomic E-state index is 12.1. The molecule has 1 aliphatic rings. The van der Waals surface area contributed by atoms with E-state index in [-0.39, 0.29) is 30.9 Å². The van der Waals surface area contributed by atoms with Gasteiger partial charge in [0.25, 0.3) is 0 Å². The predicted octanol–water partition coefficient (Wildman–Crippen LogP) is 5.90. The number of aliphatic carboxylic acids is 1. The third kappa shape index (κ3) is 6.39. The molecule has 0 amide bonds. The number of nitrogens with one attached hydrogen (secondary N) is 1. The van der Waals surface area contributed by atoms with Crippen LogP contribution < -0.4 is 5.32 Å². The van der Waals surface area contributed by atoms with Gasteiger partial charge in [0.15, 0.2) is 11.4 Å². The third-order valence-corrected chi connectivity index (χ3v) is 7.39. The number of nitrogens with zero attached hydrogens (tertiary/aromatic N) is 2. The summed E-state index contributed by atoms with van der Waals surface area (Å²) in [6.45, 7) is 1.04. The number of anilines is 1. The predicted molar refractivity (Wildman–Crippen MR) is 155 cm³/mol. The van der Waals surface area contributed by atoms with Crippen molar-refractivity contribution in [2.75, 3.05) is 25.1 Å². The van der Waals surface area contributed by atoms with Crippen LogP contribution in [-0.2, 0) is 24.6 Å². The van der Waals surface area contributed by atoms with Crippen LogP contribution in [0.5, 0.6) is 0 Å². The Bertz CT molecular complexity index is 1290. The van der Waals surface area contributed by atoms with E-state index >= 15 is 0 Å². The number of ether oxygens (including phenoxy) is 2. The van der Waals surface area contributed by atoms with Crippen molar-refractivity contribution in [2.45, 2.75) is 31.1 Å². The van der Waals surface area contributed by atoms with Crippen molar-refractivity contribution in [1.82, 2.24) is 4.98 Å². The molecule has 0 bridgehead atoms. The molecule has 1 fully saturated rings. The zero-order valence-corrected chi connectivity index (χ0v) is 22.8. The summed E-state index contributed by atoms with van der Waals surface area (Å²) in [5.41, 5.74) is 2.20. The fraction of sp³-hybridized carbons (Fsp3) is 0.258. The Hall–Kier alpha value is -4.05. The zero-order chi connectivity index (χ0) is 27.6. The Morgan fingerprint density at radius 1 is 0.950 bits per heavy atom. The normalized spacial score (nSPS) is 15.9. The molecule has 5 rings (SSSR count). The van der Waals surface area contributed by atoms with E-state index in [1.54, 1.807) is 5.38 Å². The van der Waals surface area contributed by atoms with Crippen LogP contribution in [0.4, 0.5) is 5.13 Å². The fourth-order valence-electron chi connectivity index (χ4n) is 4.75. The molecule has 1 aromatic heterocycles. The molecular formula is C31H31N3O5S. The van der Waals surface area contributed by atoms with Crippen molar-refractivity contribution in [3.8, 4) is 0 Å². The van der Waals surface area contributed by atoms with Crippen LogP contribution in [0.2, 0.25) is 0 Å². The number of carboxylic acid groups (broad SMARTS) is 1. The minimum Gasteiger partial charge on any atom is -0.476 e. The van der Waals surface area contributed by atoms with Gasteiger partial charge in [-0.05, 0) is 36.0 Å². The van der Waals surface area contributed by atoms with Gasteiger partial charge >= 0.3 is 5.97 Å². The van der Waals surface area contributed by atoms with Crippen molar-refractivity contribution in [2.24, 2.45) is 5.16 Å². The quantitative estimate of drug-likeness (QED) is 0.0968. The maximum Gasteiger partial charge on any atom is 0.360 e.